The molecule has 0 spiro atoms. The Hall–Kier alpha value is -1.36. The van der Waals surface area contributed by atoms with Gasteiger partial charge in [-0.2, -0.15) is 5.10 Å². The van der Waals surface area contributed by atoms with Crippen LogP contribution in [0.2, 0.25) is 0 Å². The van der Waals surface area contributed by atoms with Gasteiger partial charge in [0.1, 0.15) is 0 Å². The highest BCUT2D eigenvalue weighted by Crippen LogP contribution is 2.15. The number of rotatable bonds is 5. The Balaban J connectivity index is 2.60. The molecule has 0 saturated carbocycles. The maximum Gasteiger partial charge on any atom is 0.266 e. The first-order valence-corrected chi connectivity index (χ1v) is 5.10. The summed E-state index contributed by atoms with van der Waals surface area (Å²) in [5.74, 6) is 0. The van der Waals surface area contributed by atoms with Crippen LogP contribution >= 0.6 is 0 Å². The van der Waals surface area contributed by atoms with E-state index in [0.29, 0.717) is 25.1 Å². The fourth-order valence-corrected chi connectivity index (χ4v) is 1.24. The number of anilines is 1. The van der Waals surface area contributed by atoms with Gasteiger partial charge in [-0.15, -0.1) is 0 Å². The van der Waals surface area contributed by atoms with E-state index < -0.39 is 5.60 Å². The van der Waals surface area contributed by atoms with Crippen molar-refractivity contribution in [3.8, 4) is 0 Å². The predicted molar refractivity (Wildman–Crippen MR) is 58.9 cm³/mol. The Morgan fingerprint density at radius 3 is 2.73 bits per heavy atom. The van der Waals surface area contributed by atoms with E-state index in [1.54, 1.807) is 0 Å². The highest BCUT2D eigenvalue weighted by Gasteiger charge is 2.21. The Morgan fingerprint density at radius 1 is 1.53 bits per heavy atom. The van der Waals surface area contributed by atoms with Crippen LogP contribution in [0.25, 0.3) is 0 Å². The maximum absolute atomic E-state index is 10.9. The Bertz CT molecular complexity index is 358. The van der Waals surface area contributed by atoms with Crippen LogP contribution < -0.4 is 10.9 Å². The van der Waals surface area contributed by atoms with Crippen LogP contribution in [0, 0.1) is 0 Å². The molecule has 0 fully saturated rings. The van der Waals surface area contributed by atoms with Gasteiger partial charge in [-0.3, -0.25) is 4.79 Å². The third-order valence-corrected chi connectivity index (χ3v) is 2.60. The van der Waals surface area contributed by atoms with E-state index in [9.17, 15) is 9.90 Å². The average Bonchev–Trinajstić information content (AvgIpc) is 2.26. The molecule has 0 atom stereocenters. The first kappa shape index (κ1) is 11.7. The molecule has 5 heteroatoms. The van der Waals surface area contributed by atoms with Gasteiger partial charge in [-0.25, -0.2) is 5.10 Å². The van der Waals surface area contributed by atoms with Crippen LogP contribution in [0.4, 0.5) is 5.69 Å². The largest absolute Gasteiger partial charge is 0.388 e. The molecule has 0 saturated heterocycles. The summed E-state index contributed by atoms with van der Waals surface area (Å²) in [4.78, 5) is 10.9. The molecule has 0 amide bonds. The zero-order chi connectivity index (χ0) is 11.3. The van der Waals surface area contributed by atoms with Gasteiger partial charge in [0.2, 0.25) is 0 Å². The maximum atomic E-state index is 10.9. The smallest absolute Gasteiger partial charge is 0.266 e. The summed E-state index contributed by atoms with van der Waals surface area (Å²) >= 11 is 0. The second kappa shape index (κ2) is 4.93. The minimum absolute atomic E-state index is 0.253. The summed E-state index contributed by atoms with van der Waals surface area (Å²) in [5.41, 5.74) is -0.349. The van der Waals surface area contributed by atoms with Gasteiger partial charge in [-0.05, 0) is 12.8 Å². The molecule has 84 valence electrons. The molecule has 1 aromatic rings. The normalized spacial score (nSPS) is 11.4. The lowest BCUT2D eigenvalue weighted by atomic mass is 9.97. The van der Waals surface area contributed by atoms with Crippen molar-refractivity contribution in [1.29, 1.82) is 0 Å². The number of aliphatic hydroxyl groups is 1. The molecule has 1 aromatic heterocycles. The highest BCUT2D eigenvalue weighted by molar-refractivity contribution is 5.38. The minimum atomic E-state index is -0.720. The van der Waals surface area contributed by atoms with Crippen LogP contribution in [0.5, 0.6) is 0 Å². The summed E-state index contributed by atoms with van der Waals surface area (Å²) in [5, 5.41) is 18.9. The molecule has 1 heterocycles. The molecule has 0 aliphatic carbocycles. The molecule has 3 N–H and O–H groups in total. The number of nitrogens with one attached hydrogen (secondary N) is 2. The molecule has 0 aromatic carbocycles. The summed E-state index contributed by atoms with van der Waals surface area (Å²) in [7, 11) is 0. The summed E-state index contributed by atoms with van der Waals surface area (Å²) in [6.45, 7) is 4.29. The fourth-order valence-electron chi connectivity index (χ4n) is 1.24. The van der Waals surface area contributed by atoms with Gasteiger partial charge < -0.3 is 10.4 Å². The van der Waals surface area contributed by atoms with Crippen LogP contribution in [-0.4, -0.2) is 27.4 Å². The molecule has 0 aliphatic rings. The Labute approximate surface area is 88.5 Å². The average molecular weight is 211 g/mol. The molecule has 1 rings (SSSR count). The molecule has 0 bridgehead atoms. The van der Waals surface area contributed by atoms with Crippen molar-refractivity contribution in [3.63, 3.8) is 0 Å². The van der Waals surface area contributed by atoms with Crippen molar-refractivity contribution in [2.75, 3.05) is 11.9 Å². The van der Waals surface area contributed by atoms with Crippen LogP contribution in [0.1, 0.15) is 26.7 Å². The second-order valence-corrected chi connectivity index (χ2v) is 3.62. The third kappa shape index (κ3) is 3.36. The summed E-state index contributed by atoms with van der Waals surface area (Å²) < 4.78 is 0. The Morgan fingerprint density at radius 2 is 2.20 bits per heavy atom. The van der Waals surface area contributed by atoms with Crippen molar-refractivity contribution in [3.05, 3.63) is 22.6 Å². The molecular weight excluding hydrogens is 194 g/mol. The van der Waals surface area contributed by atoms with Gasteiger partial charge >= 0.3 is 0 Å². The van der Waals surface area contributed by atoms with Gasteiger partial charge in [-0.1, -0.05) is 13.8 Å². The van der Waals surface area contributed by atoms with E-state index in [1.807, 2.05) is 13.8 Å². The molecule has 15 heavy (non-hydrogen) atoms. The zero-order valence-corrected chi connectivity index (χ0v) is 9.08. The number of nitrogens with zero attached hydrogens (tertiary/aromatic N) is 1. The van der Waals surface area contributed by atoms with E-state index in [4.69, 9.17) is 0 Å². The number of aromatic amines is 1. The van der Waals surface area contributed by atoms with Crippen molar-refractivity contribution in [2.45, 2.75) is 32.3 Å². The minimum Gasteiger partial charge on any atom is -0.388 e. The number of aromatic nitrogens is 2. The quantitative estimate of drug-likeness (QED) is 0.671. The first-order chi connectivity index (χ1) is 7.09. The zero-order valence-electron chi connectivity index (χ0n) is 9.08. The lowest BCUT2D eigenvalue weighted by molar-refractivity contribution is 0.0457. The SMILES string of the molecule is CCC(O)(CC)CNc1cn[nH]c(=O)c1. The topological polar surface area (TPSA) is 78.0 Å². The van der Waals surface area contributed by atoms with Gasteiger partial charge in [0, 0.05) is 12.6 Å². The van der Waals surface area contributed by atoms with Crippen LogP contribution in [0.3, 0.4) is 0 Å². The summed E-state index contributed by atoms with van der Waals surface area (Å²) in [6, 6.07) is 1.42. The monoisotopic (exact) mass is 211 g/mol. The molecule has 5 nitrogen and oxygen atoms in total. The molecule has 0 radical (unpaired) electrons. The molecular formula is C10H17N3O2. The predicted octanol–water partition coefficient (Wildman–Crippen LogP) is 0.733. The van der Waals surface area contributed by atoms with Crippen molar-refractivity contribution >= 4 is 5.69 Å². The first-order valence-electron chi connectivity index (χ1n) is 5.10. The van der Waals surface area contributed by atoms with E-state index in [0.717, 1.165) is 0 Å². The Kier molecular flexibility index (Phi) is 3.85. The standard InChI is InChI=1S/C10H17N3O2/c1-3-10(15,4-2)7-11-8-5-9(14)13-12-6-8/h5-6,15H,3-4,7H2,1-2H3,(H2,11,13,14). The second-order valence-electron chi connectivity index (χ2n) is 3.62. The van der Waals surface area contributed by atoms with Gasteiger partial charge in [0.15, 0.2) is 0 Å². The van der Waals surface area contributed by atoms with Gasteiger partial charge in [0.25, 0.3) is 5.56 Å². The number of hydrogen-bond acceptors (Lipinski definition) is 4. The van der Waals surface area contributed by atoms with E-state index in [2.05, 4.69) is 15.5 Å². The van der Waals surface area contributed by atoms with Crippen molar-refractivity contribution in [1.82, 2.24) is 10.2 Å². The van der Waals surface area contributed by atoms with E-state index >= 15 is 0 Å². The third-order valence-electron chi connectivity index (χ3n) is 2.60. The van der Waals surface area contributed by atoms with Crippen molar-refractivity contribution in [2.24, 2.45) is 0 Å². The lowest BCUT2D eigenvalue weighted by Crippen LogP contribution is -2.35. The lowest BCUT2D eigenvalue weighted by Gasteiger charge is -2.25. The fraction of sp³-hybridized carbons (Fsp3) is 0.600. The van der Waals surface area contributed by atoms with Gasteiger partial charge in [0.05, 0.1) is 17.5 Å². The highest BCUT2D eigenvalue weighted by atomic mass is 16.3. The molecule has 0 unspecified atom stereocenters. The summed E-state index contributed by atoms with van der Waals surface area (Å²) in [6.07, 6.45) is 2.87. The van der Waals surface area contributed by atoms with Crippen LogP contribution in [-0.2, 0) is 0 Å². The number of H-pyrrole nitrogens is 1. The number of hydrogen-bond donors (Lipinski definition) is 3. The van der Waals surface area contributed by atoms with Crippen molar-refractivity contribution < 1.29 is 5.11 Å². The molecule has 0 aliphatic heterocycles. The van der Waals surface area contributed by atoms with E-state index in [-0.39, 0.29) is 5.56 Å². The van der Waals surface area contributed by atoms with Crippen LogP contribution in [0.15, 0.2) is 17.1 Å². The van der Waals surface area contributed by atoms with E-state index in [1.165, 1.54) is 12.3 Å².